The van der Waals surface area contributed by atoms with Crippen LogP contribution in [0.1, 0.15) is 27.6 Å². The summed E-state index contributed by atoms with van der Waals surface area (Å²) in [5.74, 6) is -2.35. The lowest BCUT2D eigenvalue weighted by atomic mass is 10.1. The van der Waals surface area contributed by atoms with Crippen LogP contribution >= 0.6 is 0 Å². The number of carboxylic acids is 1. The van der Waals surface area contributed by atoms with Crippen LogP contribution in [0.15, 0.2) is 24.3 Å². The van der Waals surface area contributed by atoms with Crippen LogP contribution in [0, 0.1) is 18.6 Å². The molecule has 19 heavy (non-hydrogen) atoms. The number of benzene rings is 1. The molecule has 2 aromatic rings. The highest BCUT2D eigenvalue weighted by molar-refractivity contribution is 5.85. The summed E-state index contributed by atoms with van der Waals surface area (Å²) in [6.45, 7) is 1.63. The highest BCUT2D eigenvalue weighted by atomic mass is 19.1. The molecule has 1 heterocycles. The van der Waals surface area contributed by atoms with Crippen molar-refractivity contribution in [1.82, 2.24) is 9.97 Å². The van der Waals surface area contributed by atoms with E-state index in [1.165, 1.54) is 6.07 Å². The summed E-state index contributed by atoms with van der Waals surface area (Å²) >= 11 is 0. The molecule has 0 atom stereocenters. The van der Waals surface area contributed by atoms with Gasteiger partial charge < -0.3 is 5.11 Å². The number of aryl methyl sites for hydroxylation is 1. The maximum Gasteiger partial charge on any atom is 0.354 e. The van der Waals surface area contributed by atoms with Crippen LogP contribution in [0.4, 0.5) is 8.78 Å². The number of nitrogens with zero attached hydrogens (tertiary/aromatic N) is 2. The van der Waals surface area contributed by atoms with Crippen LogP contribution in [0.2, 0.25) is 0 Å². The molecule has 6 heteroatoms. The molecule has 0 radical (unpaired) electrons. The number of hydrogen-bond donors (Lipinski definition) is 1. The number of hydrogen-bond acceptors (Lipinski definition) is 3. The Hall–Kier alpha value is -2.37. The van der Waals surface area contributed by atoms with Crippen molar-refractivity contribution >= 4 is 5.97 Å². The summed E-state index contributed by atoms with van der Waals surface area (Å²) in [4.78, 5) is 18.7. The molecule has 1 aromatic carbocycles. The van der Waals surface area contributed by atoms with Gasteiger partial charge in [0.15, 0.2) is 5.69 Å². The first-order valence-corrected chi connectivity index (χ1v) is 5.47. The van der Waals surface area contributed by atoms with Gasteiger partial charge in [-0.05, 0) is 30.7 Å². The van der Waals surface area contributed by atoms with Crippen molar-refractivity contribution in [3.8, 4) is 0 Å². The Bertz CT molecular complexity index is 624. The summed E-state index contributed by atoms with van der Waals surface area (Å²) in [5.41, 5.74) is 0.693. The van der Waals surface area contributed by atoms with Gasteiger partial charge in [0.1, 0.15) is 17.5 Å². The van der Waals surface area contributed by atoms with Gasteiger partial charge in [-0.3, -0.25) is 0 Å². The first kappa shape index (κ1) is 13.1. The fourth-order valence-corrected chi connectivity index (χ4v) is 1.71. The Kier molecular flexibility index (Phi) is 3.50. The number of aromatic carboxylic acids is 1. The quantitative estimate of drug-likeness (QED) is 0.924. The second-order valence-corrected chi connectivity index (χ2v) is 4.07. The molecule has 1 aromatic heterocycles. The smallest absolute Gasteiger partial charge is 0.354 e. The zero-order valence-corrected chi connectivity index (χ0v) is 10.0. The SMILES string of the molecule is Cc1cc(C(=O)O)nc(Cc2cc(F)cc(F)c2)n1. The molecule has 0 spiro atoms. The molecular formula is C13H10F2N2O2. The highest BCUT2D eigenvalue weighted by Crippen LogP contribution is 2.12. The van der Waals surface area contributed by atoms with Crippen molar-refractivity contribution in [1.29, 1.82) is 0 Å². The van der Waals surface area contributed by atoms with Gasteiger partial charge in [0.25, 0.3) is 0 Å². The molecule has 0 aliphatic rings. The molecule has 2 rings (SSSR count). The Labute approximate surface area is 107 Å². The number of rotatable bonds is 3. The second kappa shape index (κ2) is 5.09. The largest absolute Gasteiger partial charge is 0.477 e. The van der Waals surface area contributed by atoms with Gasteiger partial charge in [-0.15, -0.1) is 0 Å². The zero-order chi connectivity index (χ0) is 14.0. The van der Waals surface area contributed by atoms with Gasteiger partial charge in [0.2, 0.25) is 0 Å². The van der Waals surface area contributed by atoms with E-state index < -0.39 is 17.6 Å². The van der Waals surface area contributed by atoms with E-state index in [0.29, 0.717) is 11.3 Å². The van der Waals surface area contributed by atoms with Crippen LogP contribution in [0.5, 0.6) is 0 Å². The zero-order valence-electron chi connectivity index (χ0n) is 10.0. The summed E-state index contributed by atoms with van der Waals surface area (Å²) in [7, 11) is 0. The molecular weight excluding hydrogens is 254 g/mol. The van der Waals surface area contributed by atoms with Gasteiger partial charge in [0, 0.05) is 18.2 Å². The van der Waals surface area contributed by atoms with Crippen LogP contribution in [0.25, 0.3) is 0 Å². The number of halogens is 2. The van der Waals surface area contributed by atoms with Crippen molar-refractivity contribution in [3.05, 3.63) is 58.7 Å². The Morgan fingerprint density at radius 3 is 2.37 bits per heavy atom. The molecule has 0 amide bonds. The van der Waals surface area contributed by atoms with Crippen molar-refractivity contribution in [3.63, 3.8) is 0 Å². The summed E-state index contributed by atoms with van der Waals surface area (Å²) < 4.78 is 26.1. The standard InChI is InChI=1S/C13H10F2N2O2/c1-7-2-11(13(18)19)17-12(16-7)5-8-3-9(14)6-10(15)4-8/h2-4,6H,5H2,1H3,(H,18,19). The fraction of sp³-hybridized carbons (Fsp3) is 0.154. The minimum absolute atomic E-state index is 0.0661. The second-order valence-electron chi connectivity index (χ2n) is 4.07. The van der Waals surface area contributed by atoms with E-state index in [1.54, 1.807) is 6.92 Å². The molecule has 98 valence electrons. The average Bonchev–Trinajstić information content (AvgIpc) is 2.26. The summed E-state index contributed by atoms with van der Waals surface area (Å²) in [6, 6.07) is 4.42. The van der Waals surface area contributed by atoms with Crippen molar-refractivity contribution in [2.45, 2.75) is 13.3 Å². The fourth-order valence-electron chi connectivity index (χ4n) is 1.71. The van der Waals surface area contributed by atoms with Gasteiger partial charge in [-0.25, -0.2) is 23.5 Å². The van der Waals surface area contributed by atoms with Crippen LogP contribution in [0.3, 0.4) is 0 Å². The van der Waals surface area contributed by atoms with Crippen LogP contribution < -0.4 is 0 Å². The Morgan fingerprint density at radius 2 is 1.79 bits per heavy atom. The lowest BCUT2D eigenvalue weighted by Gasteiger charge is -2.04. The van der Waals surface area contributed by atoms with E-state index in [2.05, 4.69) is 9.97 Å². The lowest BCUT2D eigenvalue weighted by Crippen LogP contribution is -2.07. The van der Waals surface area contributed by atoms with Gasteiger partial charge in [0.05, 0.1) is 0 Å². The first-order chi connectivity index (χ1) is 8.94. The molecule has 0 unspecified atom stereocenters. The minimum Gasteiger partial charge on any atom is -0.477 e. The third-order valence-electron chi connectivity index (χ3n) is 2.40. The summed E-state index contributed by atoms with van der Waals surface area (Å²) in [5, 5.41) is 8.88. The van der Waals surface area contributed by atoms with E-state index in [0.717, 1.165) is 18.2 Å². The molecule has 1 N–H and O–H groups in total. The monoisotopic (exact) mass is 264 g/mol. The van der Waals surface area contributed by atoms with E-state index >= 15 is 0 Å². The number of carbonyl (C=O) groups is 1. The molecule has 0 saturated carbocycles. The summed E-state index contributed by atoms with van der Waals surface area (Å²) in [6.07, 6.45) is 0.0661. The third-order valence-corrected chi connectivity index (χ3v) is 2.40. The predicted octanol–water partition coefficient (Wildman–Crippen LogP) is 2.35. The highest BCUT2D eigenvalue weighted by Gasteiger charge is 2.10. The van der Waals surface area contributed by atoms with Crippen molar-refractivity contribution in [2.24, 2.45) is 0 Å². The van der Waals surface area contributed by atoms with Crippen LogP contribution in [-0.2, 0) is 6.42 Å². The molecule has 0 bridgehead atoms. The predicted molar refractivity (Wildman–Crippen MR) is 62.9 cm³/mol. The van der Waals surface area contributed by atoms with E-state index in [-0.39, 0.29) is 17.9 Å². The van der Waals surface area contributed by atoms with Crippen molar-refractivity contribution < 1.29 is 18.7 Å². The topological polar surface area (TPSA) is 63.1 Å². The molecule has 0 aliphatic carbocycles. The maximum atomic E-state index is 13.0. The minimum atomic E-state index is -1.17. The normalized spacial score (nSPS) is 10.5. The Balaban J connectivity index is 2.35. The Morgan fingerprint density at radius 1 is 1.16 bits per heavy atom. The van der Waals surface area contributed by atoms with Crippen LogP contribution in [-0.4, -0.2) is 21.0 Å². The molecule has 0 aliphatic heterocycles. The first-order valence-electron chi connectivity index (χ1n) is 5.47. The number of aromatic nitrogens is 2. The van der Waals surface area contributed by atoms with Crippen molar-refractivity contribution in [2.75, 3.05) is 0 Å². The van der Waals surface area contributed by atoms with E-state index in [1.807, 2.05) is 0 Å². The molecule has 0 saturated heterocycles. The molecule has 0 fully saturated rings. The van der Waals surface area contributed by atoms with Gasteiger partial charge in [-0.2, -0.15) is 0 Å². The van der Waals surface area contributed by atoms with E-state index in [9.17, 15) is 13.6 Å². The molecule has 4 nitrogen and oxygen atoms in total. The number of carboxylic acid groups (broad SMARTS) is 1. The average molecular weight is 264 g/mol. The maximum absolute atomic E-state index is 13.0. The van der Waals surface area contributed by atoms with Gasteiger partial charge >= 0.3 is 5.97 Å². The van der Waals surface area contributed by atoms with E-state index in [4.69, 9.17) is 5.11 Å². The third kappa shape index (κ3) is 3.31. The lowest BCUT2D eigenvalue weighted by molar-refractivity contribution is 0.0689. The van der Waals surface area contributed by atoms with Gasteiger partial charge in [-0.1, -0.05) is 0 Å².